The molecule has 0 aliphatic carbocycles. The van der Waals surface area contributed by atoms with Crippen molar-refractivity contribution in [3.05, 3.63) is 46.7 Å². The summed E-state index contributed by atoms with van der Waals surface area (Å²) in [4.78, 5) is 20.5. The highest BCUT2D eigenvalue weighted by Gasteiger charge is 2.13. The first-order valence-electron chi connectivity index (χ1n) is 5.71. The lowest BCUT2D eigenvalue weighted by molar-refractivity contribution is 0.102. The van der Waals surface area contributed by atoms with Crippen LogP contribution < -0.4 is 11.1 Å². The molecular weight excluding hydrogens is 340 g/mol. The van der Waals surface area contributed by atoms with Crippen LogP contribution in [0.15, 0.2) is 41.0 Å². The van der Waals surface area contributed by atoms with Gasteiger partial charge in [0.1, 0.15) is 5.69 Å². The van der Waals surface area contributed by atoms with Crippen LogP contribution in [0.2, 0.25) is 0 Å². The van der Waals surface area contributed by atoms with E-state index in [0.717, 1.165) is 10.2 Å². The van der Waals surface area contributed by atoms with Gasteiger partial charge in [0.15, 0.2) is 5.13 Å². The van der Waals surface area contributed by atoms with Crippen LogP contribution in [0.1, 0.15) is 10.5 Å². The highest BCUT2D eigenvalue weighted by molar-refractivity contribution is 9.10. The first-order chi connectivity index (χ1) is 9.63. The fourth-order valence-electron chi connectivity index (χ4n) is 1.70. The molecular formula is C13H9BrN4OS. The zero-order valence-corrected chi connectivity index (χ0v) is 12.5. The highest BCUT2D eigenvalue weighted by atomic mass is 79.9. The predicted octanol–water partition coefficient (Wildman–Crippen LogP) is 3.29. The molecule has 0 radical (unpaired) electrons. The Kier molecular flexibility index (Phi) is 3.37. The number of thiazole rings is 1. The van der Waals surface area contributed by atoms with E-state index in [0.29, 0.717) is 21.0 Å². The topological polar surface area (TPSA) is 80.9 Å². The van der Waals surface area contributed by atoms with E-state index in [1.807, 2.05) is 12.1 Å². The van der Waals surface area contributed by atoms with Crippen LogP contribution in [-0.4, -0.2) is 15.9 Å². The molecule has 0 saturated heterocycles. The number of nitrogens with zero attached hydrogens (tertiary/aromatic N) is 2. The summed E-state index contributed by atoms with van der Waals surface area (Å²) in [6, 6.07) is 8.96. The third-order valence-corrected chi connectivity index (χ3v) is 4.18. The number of carbonyl (C=O) groups excluding carboxylic acids is 1. The van der Waals surface area contributed by atoms with Gasteiger partial charge in [0.25, 0.3) is 5.91 Å². The van der Waals surface area contributed by atoms with Gasteiger partial charge in [0, 0.05) is 16.4 Å². The molecule has 0 atom stereocenters. The fourth-order valence-corrected chi connectivity index (χ4v) is 3.05. The summed E-state index contributed by atoms with van der Waals surface area (Å²) in [5.41, 5.74) is 7.52. The second kappa shape index (κ2) is 5.18. The van der Waals surface area contributed by atoms with Crippen molar-refractivity contribution in [3.63, 3.8) is 0 Å². The molecule has 7 heteroatoms. The molecule has 3 N–H and O–H groups in total. The van der Waals surface area contributed by atoms with Crippen molar-refractivity contribution in [2.45, 2.75) is 0 Å². The number of aromatic nitrogens is 2. The third kappa shape index (κ3) is 2.50. The van der Waals surface area contributed by atoms with Crippen molar-refractivity contribution in [2.75, 3.05) is 11.1 Å². The van der Waals surface area contributed by atoms with Crippen molar-refractivity contribution >= 4 is 54.2 Å². The number of nitrogens with two attached hydrogens (primary N) is 1. The lowest BCUT2D eigenvalue weighted by Gasteiger charge is -2.02. The Hall–Kier alpha value is -1.99. The Labute approximate surface area is 127 Å². The van der Waals surface area contributed by atoms with Crippen molar-refractivity contribution < 1.29 is 4.79 Å². The molecule has 0 saturated carbocycles. The maximum Gasteiger partial charge on any atom is 0.277 e. The number of nitrogens with one attached hydrogen (secondary N) is 1. The Bertz CT molecular complexity index is 802. The number of anilines is 2. The number of hydrogen-bond acceptors (Lipinski definition) is 5. The Balaban J connectivity index is 1.89. The molecule has 0 spiro atoms. The molecule has 3 rings (SSSR count). The van der Waals surface area contributed by atoms with Gasteiger partial charge in [-0.25, -0.2) is 9.97 Å². The number of amides is 1. The summed E-state index contributed by atoms with van der Waals surface area (Å²) in [5.74, 6) is -0.301. The molecule has 1 amide bonds. The van der Waals surface area contributed by atoms with E-state index in [-0.39, 0.29) is 5.91 Å². The van der Waals surface area contributed by atoms with Gasteiger partial charge >= 0.3 is 0 Å². The minimum Gasteiger partial charge on any atom is -0.399 e. The van der Waals surface area contributed by atoms with E-state index in [4.69, 9.17) is 5.73 Å². The molecule has 100 valence electrons. The maximum absolute atomic E-state index is 12.1. The van der Waals surface area contributed by atoms with Crippen molar-refractivity contribution in [2.24, 2.45) is 0 Å². The number of benzene rings is 1. The number of halogens is 1. The first kappa shape index (κ1) is 13.0. The van der Waals surface area contributed by atoms with Crippen LogP contribution in [0.4, 0.5) is 10.8 Å². The fraction of sp³-hybridized carbons (Fsp3) is 0. The molecule has 5 nitrogen and oxygen atoms in total. The Morgan fingerprint density at radius 2 is 2.20 bits per heavy atom. The molecule has 0 aliphatic heterocycles. The van der Waals surface area contributed by atoms with Crippen molar-refractivity contribution in [3.8, 4) is 0 Å². The highest BCUT2D eigenvalue weighted by Crippen LogP contribution is 2.28. The number of nitrogen functional groups attached to an aromatic ring is 1. The monoisotopic (exact) mass is 348 g/mol. The standard InChI is InChI=1S/C13H9BrN4OS/c14-8-2-1-5-16-11(8)12(19)18-13-17-9-4-3-7(15)6-10(9)20-13/h1-6H,15H2,(H,17,18,19). The van der Waals surface area contributed by atoms with E-state index < -0.39 is 0 Å². The summed E-state index contributed by atoms with van der Waals surface area (Å²) in [7, 11) is 0. The molecule has 1 aromatic carbocycles. The number of pyridine rings is 1. The molecule has 20 heavy (non-hydrogen) atoms. The molecule has 0 unspecified atom stereocenters. The van der Waals surface area contributed by atoms with E-state index in [9.17, 15) is 4.79 Å². The maximum atomic E-state index is 12.1. The van der Waals surface area contributed by atoms with Gasteiger partial charge in [0.2, 0.25) is 0 Å². The zero-order chi connectivity index (χ0) is 14.1. The van der Waals surface area contributed by atoms with E-state index >= 15 is 0 Å². The molecule has 0 aliphatic rings. The largest absolute Gasteiger partial charge is 0.399 e. The number of rotatable bonds is 2. The number of hydrogen-bond donors (Lipinski definition) is 2. The number of fused-ring (bicyclic) bond motifs is 1. The van der Waals surface area contributed by atoms with Gasteiger partial charge < -0.3 is 5.73 Å². The van der Waals surface area contributed by atoms with E-state index in [1.165, 1.54) is 11.3 Å². The molecule has 0 fully saturated rings. The molecule has 2 aromatic heterocycles. The van der Waals surface area contributed by atoms with Crippen molar-refractivity contribution in [1.82, 2.24) is 9.97 Å². The second-order valence-corrected chi connectivity index (χ2v) is 5.92. The summed E-state index contributed by atoms with van der Waals surface area (Å²) >= 11 is 4.67. The summed E-state index contributed by atoms with van der Waals surface area (Å²) < 4.78 is 1.57. The van der Waals surface area contributed by atoms with Gasteiger partial charge in [-0.3, -0.25) is 10.1 Å². The first-order valence-corrected chi connectivity index (χ1v) is 7.32. The average Bonchev–Trinajstić information content (AvgIpc) is 2.80. The molecule has 2 heterocycles. The van der Waals surface area contributed by atoms with Gasteiger partial charge in [-0.15, -0.1) is 0 Å². The second-order valence-electron chi connectivity index (χ2n) is 4.03. The van der Waals surface area contributed by atoms with Gasteiger partial charge in [-0.05, 0) is 46.3 Å². The van der Waals surface area contributed by atoms with Crippen LogP contribution in [-0.2, 0) is 0 Å². The summed E-state index contributed by atoms with van der Waals surface area (Å²) in [6.45, 7) is 0. The minimum absolute atomic E-state index is 0.301. The summed E-state index contributed by atoms with van der Waals surface area (Å²) in [6.07, 6.45) is 1.57. The lowest BCUT2D eigenvalue weighted by Crippen LogP contribution is -2.13. The van der Waals surface area contributed by atoms with Crippen LogP contribution in [0.3, 0.4) is 0 Å². The minimum atomic E-state index is -0.301. The molecule has 0 bridgehead atoms. The smallest absolute Gasteiger partial charge is 0.277 e. The summed E-state index contributed by atoms with van der Waals surface area (Å²) in [5, 5.41) is 3.26. The van der Waals surface area contributed by atoms with Crippen molar-refractivity contribution in [1.29, 1.82) is 0 Å². The lowest BCUT2D eigenvalue weighted by atomic mass is 10.3. The van der Waals surface area contributed by atoms with Gasteiger partial charge in [-0.2, -0.15) is 0 Å². The van der Waals surface area contributed by atoms with Crippen LogP contribution in [0.5, 0.6) is 0 Å². The normalized spacial score (nSPS) is 10.7. The Morgan fingerprint density at radius 1 is 1.35 bits per heavy atom. The van der Waals surface area contributed by atoms with E-state index in [1.54, 1.807) is 24.4 Å². The van der Waals surface area contributed by atoms with Crippen LogP contribution >= 0.6 is 27.3 Å². The van der Waals surface area contributed by atoms with Crippen LogP contribution in [0.25, 0.3) is 10.2 Å². The predicted molar refractivity (Wildman–Crippen MR) is 83.9 cm³/mol. The zero-order valence-electron chi connectivity index (χ0n) is 10.1. The van der Waals surface area contributed by atoms with Crippen LogP contribution in [0, 0.1) is 0 Å². The van der Waals surface area contributed by atoms with Gasteiger partial charge in [-0.1, -0.05) is 11.3 Å². The molecule has 3 aromatic rings. The third-order valence-electron chi connectivity index (χ3n) is 2.61. The quantitative estimate of drug-likeness (QED) is 0.696. The van der Waals surface area contributed by atoms with Gasteiger partial charge in [0.05, 0.1) is 10.2 Å². The average molecular weight is 349 g/mol. The SMILES string of the molecule is Nc1ccc2nc(NC(=O)c3ncccc3Br)sc2c1. The van der Waals surface area contributed by atoms with E-state index in [2.05, 4.69) is 31.2 Å². The Morgan fingerprint density at radius 3 is 3.00 bits per heavy atom. The number of carbonyl (C=O) groups is 1.